The highest BCUT2D eigenvalue weighted by atomic mass is 19.2. The van der Waals surface area contributed by atoms with E-state index in [9.17, 15) is 17.6 Å². The second kappa shape index (κ2) is 17.5. The van der Waals surface area contributed by atoms with Crippen LogP contribution in [0.1, 0.15) is 81.9 Å². The molecule has 64 heavy (non-hydrogen) atoms. The number of ether oxygens (including phenoxy) is 2. The van der Waals surface area contributed by atoms with Gasteiger partial charge in [0.05, 0.1) is 49.6 Å². The minimum absolute atomic E-state index is 0.309. The second-order valence-corrected chi connectivity index (χ2v) is 15.1. The first-order valence-corrected chi connectivity index (χ1v) is 20.3. The van der Waals surface area contributed by atoms with Crippen molar-refractivity contribution in [2.75, 3.05) is 14.2 Å². The van der Waals surface area contributed by atoms with Gasteiger partial charge in [-0.2, -0.15) is 10.2 Å². The normalized spacial score (nSPS) is 15.4. The van der Waals surface area contributed by atoms with E-state index in [1.54, 1.807) is 72.7 Å². The molecule has 0 radical (unpaired) electrons. The van der Waals surface area contributed by atoms with Crippen molar-refractivity contribution in [2.24, 2.45) is 0 Å². The Morgan fingerprint density at radius 3 is 1.39 bits per heavy atom. The van der Waals surface area contributed by atoms with E-state index in [4.69, 9.17) is 9.47 Å². The first-order chi connectivity index (χ1) is 31.1. The first kappa shape index (κ1) is 41.6. The fraction of sp³-hybridized carbons (Fsp3) is 0.217. The van der Waals surface area contributed by atoms with E-state index in [0.29, 0.717) is 83.5 Å². The van der Waals surface area contributed by atoms with Gasteiger partial charge in [-0.15, -0.1) is 0 Å². The van der Waals surface area contributed by atoms with Crippen LogP contribution in [0, 0.1) is 37.1 Å². The van der Waals surface area contributed by atoms with E-state index in [1.165, 1.54) is 12.1 Å². The maximum absolute atomic E-state index is 14.3. The highest BCUT2D eigenvalue weighted by molar-refractivity contribution is 5.67. The molecule has 0 saturated carbocycles. The Balaban J connectivity index is 0.000000162. The molecule has 6 aromatic heterocycles. The van der Waals surface area contributed by atoms with Crippen LogP contribution in [0.3, 0.4) is 0 Å². The number of aromatic nitrogens is 12. The fourth-order valence-corrected chi connectivity index (χ4v) is 7.86. The summed E-state index contributed by atoms with van der Waals surface area (Å²) in [7, 11) is 3.13. The third kappa shape index (κ3) is 8.28. The average molecular weight is 869 g/mol. The van der Waals surface area contributed by atoms with Crippen molar-refractivity contribution in [3.8, 4) is 23.1 Å². The number of imidazole rings is 2. The number of nitrogens with zero attached hydrogens (tertiary/aromatic N) is 12. The van der Waals surface area contributed by atoms with Gasteiger partial charge in [-0.05, 0) is 87.4 Å². The minimum atomic E-state index is -0.852. The number of pyridine rings is 2. The van der Waals surface area contributed by atoms with Gasteiger partial charge in [-0.1, -0.05) is 24.3 Å². The maximum atomic E-state index is 14.3. The summed E-state index contributed by atoms with van der Waals surface area (Å²) in [5.74, 6) is -0.842. The Morgan fingerprint density at radius 2 is 1.00 bits per heavy atom. The SMILES string of the molecule is COc1nc(/C=C/c2nc3n(n2)CC[C@@H]3c2cccc(F)c2F)ccc1-n1cnc(C)c1.COc1nc(/C=C/c2nc3n(n2)CC[C@H]3c2cccc(F)c2F)ccc1-n1cnc(C)c1. The zero-order valence-corrected chi connectivity index (χ0v) is 35.1. The maximum Gasteiger partial charge on any atom is 0.238 e. The van der Waals surface area contributed by atoms with Crippen molar-refractivity contribution in [1.82, 2.24) is 58.6 Å². The molecule has 14 nitrogen and oxygen atoms in total. The molecule has 0 aliphatic carbocycles. The predicted octanol–water partition coefficient (Wildman–Crippen LogP) is 8.32. The van der Waals surface area contributed by atoms with Crippen molar-refractivity contribution < 1.29 is 27.0 Å². The molecule has 2 atom stereocenters. The molecular weight excluding hydrogens is 829 g/mol. The molecule has 0 bridgehead atoms. The molecule has 0 unspecified atom stereocenters. The average Bonchev–Trinajstić information content (AvgIpc) is 4.17. The summed E-state index contributed by atoms with van der Waals surface area (Å²) in [6.45, 7) is 5.02. The zero-order chi connectivity index (χ0) is 44.5. The number of rotatable bonds is 10. The number of benzene rings is 2. The lowest BCUT2D eigenvalue weighted by atomic mass is 9.96. The molecule has 10 rings (SSSR count). The van der Waals surface area contributed by atoms with Gasteiger partial charge >= 0.3 is 0 Å². The standard InChI is InChI=1S/2C23H20F2N6O/c2*1-14-12-30(13-26-14)19-8-6-15(27-23(19)32-2)7-9-20-28-22-17(10-11-31(22)29-20)16-4-3-5-18(24)21(16)25/h2*3-9,12-13,17H,10-11H2,1-2H3/b2*9-7+/t2*17-/m10/s1. The van der Waals surface area contributed by atoms with Crippen LogP contribution in [0.5, 0.6) is 11.8 Å². The molecule has 2 aliphatic heterocycles. The summed E-state index contributed by atoms with van der Waals surface area (Å²) in [6, 6.07) is 16.0. The van der Waals surface area contributed by atoms with Crippen LogP contribution in [-0.4, -0.2) is 72.8 Å². The molecule has 18 heteroatoms. The molecule has 2 aliphatic rings. The molecule has 2 aromatic carbocycles. The molecule has 8 aromatic rings. The van der Waals surface area contributed by atoms with E-state index in [2.05, 4.69) is 40.1 Å². The number of hydrogen-bond acceptors (Lipinski definition) is 10. The lowest BCUT2D eigenvalue weighted by Crippen LogP contribution is -2.03. The monoisotopic (exact) mass is 868 g/mol. The molecule has 0 fully saturated rings. The van der Waals surface area contributed by atoms with Gasteiger partial charge in [0.2, 0.25) is 11.8 Å². The van der Waals surface area contributed by atoms with Gasteiger partial charge in [-0.25, -0.2) is 56.8 Å². The molecule has 324 valence electrons. The van der Waals surface area contributed by atoms with Crippen molar-refractivity contribution in [1.29, 1.82) is 0 Å². The van der Waals surface area contributed by atoms with Crippen LogP contribution in [0.4, 0.5) is 17.6 Å². The third-order valence-corrected chi connectivity index (χ3v) is 10.9. The smallest absolute Gasteiger partial charge is 0.238 e. The lowest BCUT2D eigenvalue weighted by molar-refractivity contribution is 0.395. The van der Waals surface area contributed by atoms with Gasteiger partial charge in [0.25, 0.3) is 0 Å². The summed E-state index contributed by atoms with van der Waals surface area (Å²) in [6.07, 6.45) is 15.5. The number of aryl methyl sites for hydroxylation is 4. The molecule has 0 spiro atoms. The molecule has 0 N–H and O–H groups in total. The Morgan fingerprint density at radius 1 is 0.562 bits per heavy atom. The predicted molar refractivity (Wildman–Crippen MR) is 229 cm³/mol. The van der Waals surface area contributed by atoms with Gasteiger partial charge in [0, 0.05) is 48.4 Å². The Kier molecular flexibility index (Phi) is 11.4. The van der Waals surface area contributed by atoms with Crippen LogP contribution < -0.4 is 9.47 Å². The first-order valence-electron chi connectivity index (χ1n) is 20.3. The second-order valence-electron chi connectivity index (χ2n) is 15.1. The van der Waals surface area contributed by atoms with Crippen molar-refractivity contribution in [2.45, 2.75) is 51.6 Å². The number of fused-ring (bicyclic) bond motifs is 2. The minimum Gasteiger partial charge on any atom is -0.479 e. The number of hydrogen-bond donors (Lipinski definition) is 0. The van der Waals surface area contributed by atoms with E-state index in [1.807, 2.05) is 59.6 Å². The highest BCUT2D eigenvalue weighted by Crippen LogP contribution is 2.36. The van der Waals surface area contributed by atoms with Crippen molar-refractivity contribution >= 4 is 24.3 Å². The summed E-state index contributed by atoms with van der Waals surface area (Å²) >= 11 is 0. The summed E-state index contributed by atoms with van der Waals surface area (Å²) in [5, 5.41) is 8.95. The Labute approximate surface area is 364 Å². The largest absolute Gasteiger partial charge is 0.479 e. The lowest BCUT2D eigenvalue weighted by Gasteiger charge is -2.09. The zero-order valence-electron chi connectivity index (χ0n) is 35.1. The third-order valence-electron chi connectivity index (χ3n) is 10.9. The van der Waals surface area contributed by atoms with Crippen LogP contribution in [0.15, 0.2) is 85.7 Å². The number of methoxy groups -OCH3 is 2. The highest BCUT2D eigenvalue weighted by Gasteiger charge is 2.32. The Hall–Kier alpha value is -7.76. The van der Waals surface area contributed by atoms with E-state index in [-0.39, 0.29) is 11.8 Å². The van der Waals surface area contributed by atoms with Crippen LogP contribution >= 0.6 is 0 Å². The topological polar surface area (TPSA) is 141 Å². The van der Waals surface area contributed by atoms with Crippen molar-refractivity contribution in [3.05, 3.63) is 166 Å². The summed E-state index contributed by atoms with van der Waals surface area (Å²) in [5.41, 5.74) is 5.31. The van der Waals surface area contributed by atoms with Crippen LogP contribution in [0.25, 0.3) is 35.7 Å². The molecular formula is C46H40F4N12O2. The van der Waals surface area contributed by atoms with Crippen molar-refractivity contribution in [3.63, 3.8) is 0 Å². The fourth-order valence-electron chi connectivity index (χ4n) is 7.86. The summed E-state index contributed by atoms with van der Waals surface area (Å²) in [4.78, 5) is 26.6. The molecule has 8 heterocycles. The van der Waals surface area contributed by atoms with E-state index in [0.717, 1.165) is 34.9 Å². The van der Waals surface area contributed by atoms with Gasteiger partial charge in [0.1, 0.15) is 23.0 Å². The quantitative estimate of drug-likeness (QED) is 0.123. The van der Waals surface area contributed by atoms with E-state index < -0.39 is 23.3 Å². The van der Waals surface area contributed by atoms with Gasteiger partial charge < -0.3 is 18.6 Å². The molecule has 0 saturated heterocycles. The van der Waals surface area contributed by atoms with Gasteiger partial charge in [-0.3, -0.25) is 0 Å². The Bertz CT molecular complexity index is 2860. The van der Waals surface area contributed by atoms with Crippen LogP contribution in [0.2, 0.25) is 0 Å². The molecule has 0 amide bonds. The summed E-state index contributed by atoms with van der Waals surface area (Å²) < 4.78 is 74.0. The number of halogens is 4. The van der Waals surface area contributed by atoms with Gasteiger partial charge in [0.15, 0.2) is 34.9 Å². The van der Waals surface area contributed by atoms with E-state index >= 15 is 0 Å². The van der Waals surface area contributed by atoms with Crippen LogP contribution in [-0.2, 0) is 13.1 Å².